The predicted molar refractivity (Wildman–Crippen MR) is 63.1 cm³/mol. The Labute approximate surface area is 114 Å². The maximum Gasteiger partial charge on any atom is 0.323 e. The molecule has 4 nitrogen and oxygen atoms in total. The van der Waals surface area contributed by atoms with Gasteiger partial charge in [-0.25, -0.2) is 26.7 Å². The number of aromatic nitrogens is 1. The van der Waals surface area contributed by atoms with Crippen LogP contribution in [0.3, 0.4) is 0 Å². The minimum absolute atomic E-state index is 0.214. The average Bonchev–Trinajstić information content (AvgIpc) is 2.48. The monoisotopic (exact) mass is 303 g/mol. The zero-order chi connectivity index (χ0) is 15.6. The Hall–Kier alpha value is -2.71. The molecule has 0 saturated carbocycles. The number of amides is 2. The first-order valence-electron chi connectivity index (χ1n) is 5.41. The highest BCUT2D eigenvalue weighted by atomic mass is 19.2. The fourth-order valence-corrected chi connectivity index (χ4v) is 1.43. The van der Waals surface area contributed by atoms with E-state index in [9.17, 15) is 26.7 Å². The van der Waals surface area contributed by atoms with Crippen molar-refractivity contribution in [3.8, 4) is 0 Å². The third-order valence-corrected chi connectivity index (χ3v) is 2.39. The van der Waals surface area contributed by atoms with E-state index in [4.69, 9.17) is 0 Å². The molecule has 1 heterocycles. The molecule has 0 fully saturated rings. The number of nitrogens with zero attached hydrogens (tertiary/aromatic N) is 1. The van der Waals surface area contributed by atoms with Crippen molar-refractivity contribution >= 4 is 17.4 Å². The maximum atomic E-state index is 13.3. The number of carbonyl (C=O) groups excluding carboxylic acids is 1. The SMILES string of the molecule is O=C(Nc1ccncc1)Nc1c(F)c(F)c(F)c(F)c1F. The molecule has 0 aliphatic rings. The molecular weight excluding hydrogens is 297 g/mol. The number of hydrogen-bond donors (Lipinski definition) is 2. The standard InChI is InChI=1S/C12H6F5N3O/c13-6-7(14)9(16)11(10(17)8(6)15)20-12(21)19-5-1-3-18-4-2-5/h1-4H,(H2,18,19,20,21). The van der Waals surface area contributed by atoms with E-state index in [1.807, 2.05) is 0 Å². The minimum Gasteiger partial charge on any atom is -0.308 e. The smallest absolute Gasteiger partial charge is 0.308 e. The third-order valence-electron chi connectivity index (χ3n) is 2.39. The van der Waals surface area contributed by atoms with Gasteiger partial charge in [0, 0.05) is 18.1 Å². The molecule has 0 aliphatic carbocycles. The van der Waals surface area contributed by atoms with Crippen LogP contribution in [0.2, 0.25) is 0 Å². The van der Waals surface area contributed by atoms with Gasteiger partial charge in [0.1, 0.15) is 5.69 Å². The summed E-state index contributed by atoms with van der Waals surface area (Å²) in [6, 6.07) is 1.54. The maximum absolute atomic E-state index is 13.3. The molecule has 1 aromatic heterocycles. The molecule has 9 heteroatoms. The Bertz CT molecular complexity index is 664. The van der Waals surface area contributed by atoms with Crippen molar-refractivity contribution in [3.63, 3.8) is 0 Å². The minimum atomic E-state index is -2.30. The second-order valence-electron chi connectivity index (χ2n) is 3.76. The van der Waals surface area contributed by atoms with Gasteiger partial charge in [0.2, 0.25) is 5.82 Å². The highest BCUT2D eigenvalue weighted by molar-refractivity contribution is 5.99. The molecule has 0 aliphatic heterocycles. The number of rotatable bonds is 2. The Kier molecular flexibility index (Phi) is 4.01. The first-order valence-corrected chi connectivity index (χ1v) is 5.41. The van der Waals surface area contributed by atoms with Crippen LogP contribution in [0.15, 0.2) is 24.5 Å². The van der Waals surface area contributed by atoms with Crippen LogP contribution in [0.5, 0.6) is 0 Å². The van der Waals surface area contributed by atoms with Crippen LogP contribution >= 0.6 is 0 Å². The highest BCUT2D eigenvalue weighted by Gasteiger charge is 2.26. The van der Waals surface area contributed by atoms with Crippen molar-refractivity contribution in [2.24, 2.45) is 0 Å². The summed E-state index contributed by atoms with van der Waals surface area (Å²) in [5.41, 5.74) is -1.22. The summed E-state index contributed by atoms with van der Waals surface area (Å²) in [4.78, 5) is 15.1. The molecule has 0 atom stereocenters. The summed E-state index contributed by atoms with van der Waals surface area (Å²) < 4.78 is 65.4. The van der Waals surface area contributed by atoms with Crippen molar-refractivity contribution in [3.05, 3.63) is 53.6 Å². The van der Waals surface area contributed by atoms with Gasteiger partial charge in [0.15, 0.2) is 23.3 Å². The van der Waals surface area contributed by atoms with Gasteiger partial charge < -0.3 is 10.6 Å². The summed E-state index contributed by atoms with van der Waals surface area (Å²) in [5, 5.41) is 3.71. The lowest BCUT2D eigenvalue weighted by atomic mass is 10.2. The molecule has 0 unspecified atom stereocenters. The van der Waals surface area contributed by atoms with Crippen molar-refractivity contribution in [1.29, 1.82) is 0 Å². The number of urea groups is 1. The van der Waals surface area contributed by atoms with Crippen LogP contribution in [0.1, 0.15) is 0 Å². The largest absolute Gasteiger partial charge is 0.323 e. The molecule has 0 saturated heterocycles. The Balaban J connectivity index is 2.26. The molecule has 2 N–H and O–H groups in total. The van der Waals surface area contributed by atoms with Crippen molar-refractivity contribution in [2.45, 2.75) is 0 Å². The lowest BCUT2D eigenvalue weighted by Crippen LogP contribution is -2.22. The summed E-state index contributed by atoms with van der Waals surface area (Å²) in [7, 11) is 0. The number of pyridine rings is 1. The summed E-state index contributed by atoms with van der Waals surface area (Å²) >= 11 is 0. The molecule has 0 bridgehead atoms. The third kappa shape index (κ3) is 2.91. The van der Waals surface area contributed by atoms with Gasteiger partial charge in [-0.05, 0) is 12.1 Å². The molecule has 2 amide bonds. The van der Waals surface area contributed by atoms with Crippen LogP contribution in [0.4, 0.5) is 38.1 Å². The zero-order valence-electron chi connectivity index (χ0n) is 10.1. The Morgan fingerprint density at radius 1 is 0.810 bits per heavy atom. The highest BCUT2D eigenvalue weighted by Crippen LogP contribution is 2.27. The molecule has 1 aromatic carbocycles. The second kappa shape index (κ2) is 5.73. The van der Waals surface area contributed by atoms with Gasteiger partial charge in [0.05, 0.1) is 0 Å². The lowest BCUT2D eigenvalue weighted by Gasteiger charge is -2.10. The first-order chi connectivity index (χ1) is 9.91. The van der Waals surface area contributed by atoms with E-state index in [0.29, 0.717) is 0 Å². The van der Waals surface area contributed by atoms with Crippen LogP contribution in [0, 0.1) is 29.1 Å². The number of hydrogen-bond acceptors (Lipinski definition) is 2. The van der Waals surface area contributed by atoms with E-state index < -0.39 is 40.8 Å². The quantitative estimate of drug-likeness (QED) is 0.507. The summed E-state index contributed by atoms with van der Waals surface area (Å²) in [6.45, 7) is 0. The second-order valence-corrected chi connectivity index (χ2v) is 3.76. The Morgan fingerprint density at radius 3 is 1.81 bits per heavy atom. The van der Waals surface area contributed by atoms with Gasteiger partial charge in [0.25, 0.3) is 0 Å². The lowest BCUT2D eigenvalue weighted by molar-refractivity contribution is 0.261. The van der Waals surface area contributed by atoms with E-state index >= 15 is 0 Å². The molecule has 0 spiro atoms. The van der Waals surface area contributed by atoms with Gasteiger partial charge in [-0.2, -0.15) is 0 Å². The molecular formula is C12H6F5N3O. The molecule has 0 radical (unpaired) electrons. The van der Waals surface area contributed by atoms with Crippen LogP contribution < -0.4 is 10.6 Å². The Morgan fingerprint density at radius 2 is 1.29 bits per heavy atom. The van der Waals surface area contributed by atoms with E-state index in [0.717, 1.165) is 0 Å². The van der Waals surface area contributed by atoms with Crippen molar-refractivity contribution in [2.75, 3.05) is 10.6 Å². The topological polar surface area (TPSA) is 54.0 Å². The van der Waals surface area contributed by atoms with Gasteiger partial charge in [-0.3, -0.25) is 4.98 Å². The number of halogens is 5. The van der Waals surface area contributed by atoms with E-state index in [2.05, 4.69) is 10.3 Å². The zero-order valence-corrected chi connectivity index (χ0v) is 10.1. The number of benzene rings is 1. The van der Waals surface area contributed by atoms with Crippen molar-refractivity contribution in [1.82, 2.24) is 4.98 Å². The van der Waals surface area contributed by atoms with Crippen molar-refractivity contribution < 1.29 is 26.7 Å². The van der Waals surface area contributed by atoms with E-state index in [-0.39, 0.29) is 5.69 Å². The van der Waals surface area contributed by atoms with Crippen LogP contribution in [-0.4, -0.2) is 11.0 Å². The molecule has 21 heavy (non-hydrogen) atoms. The van der Waals surface area contributed by atoms with E-state index in [1.165, 1.54) is 24.5 Å². The number of carbonyl (C=O) groups is 1. The molecule has 110 valence electrons. The number of nitrogens with one attached hydrogen (secondary N) is 2. The average molecular weight is 303 g/mol. The van der Waals surface area contributed by atoms with E-state index in [1.54, 1.807) is 5.32 Å². The summed E-state index contributed by atoms with van der Waals surface area (Å²) in [5.74, 6) is -10.8. The van der Waals surface area contributed by atoms with Gasteiger partial charge in [-0.1, -0.05) is 0 Å². The fourth-order valence-electron chi connectivity index (χ4n) is 1.43. The summed E-state index contributed by atoms with van der Waals surface area (Å²) in [6.07, 6.45) is 2.65. The van der Waals surface area contributed by atoms with Crippen LogP contribution in [-0.2, 0) is 0 Å². The van der Waals surface area contributed by atoms with Gasteiger partial charge >= 0.3 is 6.03 Å². The van der Waals surface area contributed by atoms with Crippen LogP contribution in [0.25, 0.3) is 0 Å². The fraction of sp³-hybridized carbons (Fsp3) is 0. The first kappa shape index (κ1) is 14.7. The molecule has 2 aromatic rings. The predicted octanol–water partition coefficient (Wildman–Crippen LogP) is 3.42. The van der Waals surface area contributed by atoms with Gasteiger partial charge in [-0.15, -0.1) is 0 Å². The number of anilines is 2. The molecule has 2 rings (SSSR count). The normalized spacial score (nSPS) is 10.3.